The maximum Gasteiger partial charge on any atom is 0.269 e. The number of nitro groups is 1. The van der Waals surface area contributed by atoms with Crippen LogP contribution in [-0.4, -0.2) is 35.4 Å². The number of benzene rings is 1. The molecule has 0 aliphatic heterocycles. The Kier molecular flexibility index (Phi) is 6.30. The van der Waals surface area contributed by atoms with E-state index >= 15 is 0 Å². The molecule has 6 heteroatoms. The van der Waals surface area contributed by atoms with Crippen molar-refractivity contribution in [1.29, 1.82) is 0 Å². The number of amides is 1. The molecule has 0 aromatic heterocycles. The monoisotopic (exact) mass is 293 g/mol. The first-order chi connectivity index (χ1) is 9.81. The minimum atomic E-state index is -0.464. The van der Waals surface area contributed by atoms with Gasteiger partial charge in [-0.05, 0) is 45.0 Å². The van der Waals surface area contributed by atoms with Crippen LogP contribution in [0.15, 0.2) is 24.3 Å². The van der Waals surface area contributed by atoms with Gasteiger partial charge in [0.05, 0.1) is 11.0 Å². The molecule has 1 atom stereocenters. The summed E-state index contributed by atoms with van der Waals surface area (Å²) in [6.45, 7) is 7.00. The first-order valence-electron chi connectivity index (χ1n) is 7.06. The standard InChI is InChI=1S/C15H23N3O3/c1-11(2)9-10-17(4)12(3)15(19)16-13-5-7-14(8-6-13)18(20)21/h5-8,11-12H,9-10H2,1-4H3,(H,16,19). The van der Waals surface area contributed by atoms with Crippen molar-refractivity contribution in [2.24, 2.45) is 5.92 Å². The zero-order valence-electron chi connectivity index (χ0n) is 13.0. The number of carbonyl (C=O) groups excluding carboxylic acids is 1. The molecule has 0 saturated heterocycles. The fourth-order valence-corrected chi connectivity index (χ4v) is 1.77. The van der Waals surface area contributed by atoms with Gasteiger partial charge >= 0.3 is 0 Å². The summed E-state index contributed by atoms with van der Waals surface area (Å²) >= 11 is 0. The average Bonchev–Trinajstić information content (AvgIpc) is 2.44. The van der Waals surface area contributed by atoms with Crippen LogP contribution in [0, 0.1) is 16.0 Å². The maximum atomic E-state index is 12.1. The van der Waals surface area contributed by atoms with Crippen LogP contribution < -0.4 is 5.32 Å². The molecular formula is C15H23N3O3. The van der Waals surface area contributed by atoms with E-state index in [-0.39, 0.29) is 17.6 Å². The predicted molar refractivity (Wildman–Crippen MR) is 83.3 cm³/mol. The van der Waals surface area contributed by atoms with E-state index in [1.54, 1.807) is 0 Å². The smallest absolute Gasteiger partial charge is 0.269 e. The van der Waals surface area contributed by atoms with Gasteiger partial charge in [-0.3, -0.25) is 19.8 Å². The molecule has 0 spiro atoms. The second kappa shape index (κ2) is 7.73. The number of likely N-dealkylation sites (N-methyl/N-ethyl adjacent to an activating group) is 1. The third-order valence-corrected chi connectivity index (χ3v) is 3.45. The number of nitrogens with one attached hydrogen (secondary N) is 1. The molecule has 1 rings (SSSR count). The van der Waals surface area contributed by atoms with Crippen LogP contribution in [0.5, 0.6) is 0 Å². The minimum Gasteiger partial charge on any atom is -0.325 e. The number of hydrogen-bond acceptors (Lipinski definition) is 4. The molecule has 1 N–H and O–H groups in total. The van der Waals surface area contributed by atoms with Gasteiger partial charge in [-0.2, -0.15) is 0 Å². The molecule has 0 saturated carbocycles. The molecule has 0 fully saturated rings. The number of hydrogen-bond donors (Lipinski definition) is 1. The summed E-state index contributed by atoms with van der Waals surface area (Å²) in [6, 6.07) is 5.58. The lowest BCUT2D eigenvalue weighted by Gasteiger charge is -2.24. The predicted octanol–water partition coefficient (Wildman–Crippen LogP) is 2.90. The quantitative estimate of drug-likeness (QED) is 0.619. The topological polar surface area (TPSA) is 75.5 Å². The SMILES string of the molecule is CC(C)CCN(C)C(C)C(=O)Nc1ccc([N+](=O)[O-])cc1. The van der Waals surface area contributed by atoms with E-state index in [1.807, 2.05) is 18.9 Å². The summed E-state index contributed by atoms with van der Waals surface area (Å²) in [5, 5.41) is 13.3. The van der Waals surface area contributed by atoms with E-state index in [4.69, 9.17) is 0 Å². The molecule has 0 bridgehead atoms. The van der Waals surface area contributed by atoms with Gasteiger partial charge in [0, 0.05) is 17.8 Å². The van der Waals surface area contributed by atoms with Crippen LogP contribution in [0.1, 0.15) is 27.2 Å². The molecule has 21 heavy (non-hydrogen) atoms. The second-order valence-corrected chi connectivity index (χ2v) is 5.63. The minimum absolute atomic E-state index is 0.00935. The number of nitrogens with zero attached hydrogens (tertiary/aromatic N) is 2. The molecule has 6 nitrogen and oxygen atoms in total. The molecule has 0 aliphatic rings. The van der Waals surface area contributed by atoms with Crippen LogP contribution in [-0.2, 0) is 4.79 Å². The van der Waals surface area contributed by atoms with Crippen LogP contribution in [0.25, 0.3) is 0 Å². The third-order valence-electron chi connectivity index (χ3n) is 3.45. The Labute approximate surface area is 125 Å². The van der Waals surface area contributed by atoms with Crippen molar-refractivity contribution < 1.29 is 9.72 Å². The van der Waals surface area contributed by atoms with Crippen molar-refractivity contribution in [1.82, 2.24) is 4.90 Å². The summed E-state index contributed by atoms with van der Waals surface area (Å²) in [7, 11) is 1.92. The van der Waals surface area contributed by atoms with Crippen molar-refractivity contribution in [3.05, 3.63) is 34.4 Å². The van der Waals surface area contributed by atoms with Gasteiger partial charge in [-0.15, -0.1) is 0 Å². The highest BCUT2D eigenvalue weighted by molar-refractivity contribution is 5.94. The van der Waals surface area contributed by atoms with Crippen LogP contribution >= 0.6 is 0 Å². The van der Waals surface area contributed by atoms with Crippen molar-refractivity contribution in [3.8, 4) is 0 Å². The molecule has 116 valence electrons. The summed E-state index contributed by atoms with van der Waals surface area (Å²) in [5.74, 6) is 0.479. The first kappa shape index (κ1) is 17.1. The van der Waals surface area contributed by atoms with Gasteiger partial charge in [-0.1, -0.05) is 13.8 Å². The zero-order chi connectivity index (χ0) is 16.0. The molecule has 0 radical (unpaired) electrons. The number of anilines is 1. The number of nitro benzene ring substituents is 1. The lowest BCUT2D eigenvalue weighted by atomic mass is 10.1. The van der Waals surface area contributed by atoms with E-state index in [9.17, 15) is 14.9 Å². The molecule has 0 aliphatic carbocycles. The Morgan fingerprint density at radius 1 is 1.29 bits per heavy atom. The van der Waals surface area contributed by atoms with Gasteiger partial charge in [0.1, 0.15) is 0 Å². The van der Waals surface area contributed by atoms with E-state index in [0.29, 0.717) is 11.6 Å². The Morgan fingerprint density at radius 3 is 2.33 bits per heavy atom. The lowest BCUT2D eigenvalue weighted by Crippen LogP contribution is -2.40. The van der Waals surface area contributed by atoms with Crippen LogP contribution in [0.4, 0.5) is 11.4 Å². The fraction of sp³-hybridized carbons (Fsp3) is 0.533. The van der Waals surface area contributed by atoms with Gasteiger partial charge in [0.2, 0.25) is 5.91 Å². The van der Waals surface area contributed by atoms with Crippen LogP contribution in [0.3, 0.4) is 0 Å². The summed E-state index contributed by atoms with van der Waals surface area (Å²) in [6.07, 6.45) is 1.03. The molecule has 1 aromatic rings. The largest absolute Gasteiger partial charge is 0.325 e. The second-order valence-electron chi connectivity index (χ2n) is 5.63. The number of carbonyl (C=O) groups is 1. The number of non-ortho nitro benzene ring substituents is 1. The maximum absolute atomic E-state index is 12.1. The molecule has 1 unspecified atom stereocenters. The van der Waals surface area contributed by atoms with Crippen molar-refractivity contribution in [2.45, 2.75) is 33.2 Å². The van der Waals surface area contributed by atoms with Crippen molar-refractivity contribution in [3.63, 3.8) is 0 Å². The average molecular weight is 293 g/mol. The molecule has 1 aromatic carbocycles. The van der Waals surface area contributed by atoms with Crippen molar-refractivity contribution >= 4 is 17.3 Å². The lowest BCUT2D eigenvalue weighted by molar-refractivity contribution is -0.384. The highest BCUT2D eigenvalue weighted by atomic mass is 16.6. The van der Waals surface area contributed by atoms with Gasteiger partial charge in [0.15, 0.2) is 0 Å². The Hall–Kier alpha value is -1.95. The Balaban J connectivity index is 2.57. The third kappa shape index (κ3) is 5.51. The zero-order valence-corrected chi connectivity index (χ0v) is 13.0. The van der Waals surface area contributed by atoms with E-state index < -0.39 is 4.92 Å². The summed E-state index contributed by atoms with van der Waals surface area (Å²) in [5.41, 5.74) is 0.574. The molecule has 0 heterocycles. The van der Waals surface area contributed by atoms with E-state index in [0.717, 1.165) is 13.0 Å². The Bertz CT molecular complexity index is 485. The number of rotatable bonds is 7. The normalized spacial score (nSPS) is 12.5. The highest BCUT2D eigenvalue weighted by Gasteiger charge is 2.18. The highest BCUT2D eigenvalue weighted by Crippen LogP contribution is 2.16. The summed E-state index contributed by atoms with van der Waals surface area (Å²) < 4.78 is 0. The van der Waals surface area contributed by atoms with E-state index in [1.165, 1.54) is 24.3 Å². The summed E-state index contributed by atoms with van der Waals surface area (Å²) in [4.78, 5) is 24.2. The first-order valence-corrected chi connectivity index (χ1v) is 7.06. The molecule has 1 amide bonds. The van der Waals surface area contributed by atoms with Gasteiger partial charge in [0.25, 0.3) is 5.69 Å². The van der Waals surface area contributed by atoms with Gasteiger partial charge < -0.3 is 5.32 Å². The van der Waals surface area contributed by atoms with E-state index in [2.05, 4.69) is 19.2 Å². The van der Waals surface area contributed by atoms with Crippen LogP contribution in [0.2, 0.25) is 0 Å². The molecular weight excluding hydrogens is 270 g/mol. The van der Waals surface area contributed by atoms with Gasteiger partial charge in [-0.25, -0.2) is 0 Å². The fourth-order valence-electron chi connectivity index (χ4n) is 1.77. The van der Waals surface area contributed by atoms with Crippen molar-refractivity contribution in [2.75, 3.05) is 18.9 Å². The Morgan fingerprint density at radius 2 is 1.86 bits per heavy atom.